The minimum atomic E-state index is -1.96. The van der Waals surface area contributed by atoms with E-state index in [2.05, 4.69) is 77.8 Å². The number of amides is 11. The summed E-state index contributed by atoms with van der Waals surface area (Å²) in [5.74, 6) is -13.2. The number of aliphatic imine (C=N–C) groups is 2. The third-order valence-corrected chi connectivity index (χ3v) is 12.1. The molecule has 8 atom stereocenters. The first-order chi connectivity index (χ1) is 37.2. The van der Waals surface area contributed by atoms with Crippen LogP contribution in [0.15, 0.2) is 34.3 Å². The van der Waals surface area contributed by atoms with Gasteiger partial charge in [0.05, 0.1) is 24.3 Å². The molecule has 0 saturated carbocycles. The summed E-state index contributed by atoms with van der Waals surface area (Å²) >= 11 is 8.06. The fourth-order valence-electron chi connectivity index (χ4n) is 7.57. The van der Waals surface area contributed by atoms with Crippen molar-refractivity contribution in [3.8, 4) is 0 Å². The van der Waals surface area contributed by atoms with Crippen LogP contribution >= 0.6 is 25.3 Å². The highest BCUT2D eigenvalue weighted by Gasteiger charge is 2.40. The Kier molecular flexibility index (Phi) is 28.3. The summed E-state index contributed by atoms with van der Waals surface area (Å²) in [7, 11) is 0. The number of aliphatic carboxylic acids is 1. The van der Waals surface area contributed by atoms with Gasteiger partial charge >= 0.3 is 5.97 Å². The Balaban J connectivity index is 2.40. The highest BCUT2D eigenvalue weighted by Crippen LogP contribution is 2.20. The first-order valence-electron chi connectivity index (χ1n) is 24.2. The predicted molar refractivity (Wildman–Crippen MR) is 287 cm³/mol. The van der Waals surface area contributed by atoms with Gasteiger partial charge in [-0.05, 0) is 44.1 Å². The van der Waals surface area contributed by atoms with Crippen LogP contribution in [0.3, 0.4) is 0 Å². The second kappa shape index (κ2) is 33.6. The topological polar surface area (TPSA) is 549 Å². The lowest BCUT2D eigenvalue weighted by molar-refractivity contribution is -0.384. The van der Waals surface area contributed by atoms with Gasteiger partial charge in [-0.15, -0.1) is 0 Å². The molecular formula is C44H68N18O15S2. The maximum atomic E-state index is 14.1. The van der Waals surface area contributed by atoms with Gasteiger partial charge in [0.25, 0.3) is 5.69 Å². The van der Waals surface area contributed by atoms with Gasteiger partial charge in [-0.25, -0.2) is 0 Å². The normalized spacial score (nSPS) is 15.3. The number of thiol groups is 2. The molecule has 2 rings (SSSR count). The van der Waals surface area contributed by atoms with E-state index in [0.717, 1.165) is 24.0 Å². The number of carbonyl (C=O) groups is 12. The van der Waals surface area contributed by atoms with Crippen LogP contribution in [0.5, 0.6) is 0 Å². The van der Waals surface area contributed by atoms with Crippen LogP contribution in [0.2, 0.25) is 0 Å². The summed E-state index contributed by atoms with van der Waals surface area (Å²) in [6.45, 7) is 0.111. The van der Waals surface area contributed by atoms with Crippen LogP contribution in [0.1, 0.15) is 63.9 Å². The van der Waals surface area contributed by atoms with Gasteiger partial charge < -0.3 is 86.9 Å². The zero-order valence-electron chi connectivity index (χ0n) is 42.8. The highest BCUT2D eigenvalue weighted by molar-refractivity contribution is 7.80. The number of benzene rings is 1. The van der Waals surface area contributed by atoms with Crippen molar-refractivity contribution >= 4 is 114 Å². The zero-order chi connectivity index (χ0) is 59.5. The number of nitrogens with one attached hydrogen (secondary N) is 8. The molecule has 0 radical (unpaired) electrons. The minimum absolute atomic E-state index is 0.0175. The van der Waals surface area contributed by atoms with Crippen molar-refractivity contribution in [2.45, 2.75) is 113 Å². The average Bonchev–Trinajstić information content (AvgIpc) is 3.88. The first-order valence-corrected chi connectivity index (χ1v) is 25.5. The van der Waals surface area contributed by atoms with Crippen molar-refractivity contribution in [3.63, 3.8) is 0 Å². The molecular weight excluding hydrogens is 1080 g/mol. The molecule has 1 aliphatic heterocycles. The number of nitro groups is 1. The van der Waals surface area contributed by atoms with Gasteiger partial charge in [0.1, 0.15) is 48.3 Å². The van der Waals surface area contributed by atoms with Crippen LogP contribution in [0.25, 0.3) is 0 Å². The third kappa shape index (κ3) is 24.2. The number of nitrogens with two attached hydrogens (primary N) is 6. The second-order valence-electron chi connectivity index (χ2n) is 17.6. The molecule has 1 fully saturated rings. The zero-order valence-corrected chi connectivity index (χ0v) is 44.6. The van der Waals surface area contributed by atoms with Crippen LogP contribution in [-0.2, 0) is 64.0 Å². The number of guanidine groups is 2. The lowest BCUT2D eigenvalue weighted by atomic mass is 10.0. The number of primary amides is 2. The van der Waals surface area contributed by atoms with Crippen molar-refractivity contribution in [2.75, 3.05) is 37.7 Å². The summed E-state index contributed by atoms with van der Waals surface area (Å²) < 4.78 is 0. The summed E-state index contributed by atoms with van der Waals surface area (Å²) in [5.41, 5.74) is 32.3. The third-order valence-electron chi connectivity index (χ3n) is 11.4. The molecule has 33 nitrogen and oxygen atoms in total. The number of hydrogen-bond acceptors (Lipinski definition) is 18. The summed E-state index contributed by atoms with van der Waals surface area (Å²) in [6, 6.07) is -7.19. The lowest BCUT2D eigenvalue weighted by Gasteiger charge is -2.30. The van der Waals surface area contributed by atoms with Gasteiger partial charge in [0, 0.05) is 56.6 Å². The highest BCUT2D eigenvalue weighted by atomic mass is 32.1. The number of carboxylic acid groups (broad SMARTS) is 1. The molecule has 0 unspecified atom stereocenters. The maximum absolute atomic E-state index is 14.1. The van der Waals surface area contributed by atoms with Gasteiger partial charge in [-0.2, -0.15) is 25.3 Å². The number of nitro benzene ring substituents is 1. The van der Waals surface area contributed by atoms with Gasteiger partial charge in [0.2, 0.25) is 65.0 Å². The molecule has 1 aromatic carbocycles. The number of rotatable bonds is 34. The molecule has 0 aliphatic carbocycles. The molecule has 35 heteroatoms. The van der Waals surface area contributed by atoms with E-state index in [9.17, 15) is 72.8 Å². The summed E-state index contributed by atoms with van der Waals surface area (Å²) in [5, 5.41) is 40.0. The predicted octanol–water partition coefficient (Wildman–Crippen LogP) is -7.54. The lowest BCUT2D eigenvalue weighted by Crippen LogP contribution is -2.59. The number of hydrogen-bond donors (Lipinski definition) is 17. The fourth-order valence-corrected chi connectivity index (χ4v) is 8.10. The molecule has 1 saturated heterocycles. The summed E-state index contributed by atoms with van der Waals surface area (Å²) in [6.07, 6.45) is -2.10. The Morgan fingerprint density at radius 1 is 0.671 bits per heavy atom. The minimum Gasteiger partial charge on any atom is -0.481 e. The number of carboxylic acids is 1. The van der Waals surface area contributed by atoms with Gasteiger partial charge in [-0.3, -0.25) is 77.6 Å². The largest absolute Gasteiger partial charge is 0.481 e. The monoisotopic (exact) mass is 1150 g/mol. The van der Waals surface area contributed by atoms with E-state index < -0.39 is 150 Å². The van der Waals surface area contributed by atoms with E-state index in [1.807, 2.05) is 0 Å². The van der Waals surface area contributed by atoms with Crippen molar-refractivity contribution in [2.24, 2.45) is 44.4 Å². The SMILES string of the molecule is CC(=O)N[C@@H](CS)C(=O)N[C@@H](CC(N)=O)C(=O)N1CCC[C@H]1C(=O)N[C@@H](CCCN=C(N)N)C(=O)NCC(=O)N[C@@H](CC(=O)O)C(=O)N[C@@H](Cc1ccc([N+](=O)[O-])cc1)C(=O)N[C@@H](CCCN=C(N)N)C(=O)N[C@@H](CS)C(N)=O. The van der Waals surface area contributed by atoms with E-state index in [4.69, 9.17) is 34.4 Å². The van der Waals surface area contributed by atoms with Crippen molar-refractivity contribution < 1.29 is 67.6 Å². The van der Waals surface area contributed by atoms with Crippen molar-refractivity contribution in [1.29, 1.82) is 0 Å². The number of carbonyl (C=O) groups excluding carboxylic acids is 11. The molecule has 11 amide bonds. The number of non-ortho nitro benzene ring substituents is 1. The van der Waals surface area contributed by atoms with Crippen LogP contribution < -0.4 is 76.9 Å². The van der Waals surface area contributed by atoms with E-state index in [0.29, 0.717) is 0 Å². The van der Waals surface area contributed by atoms with Crippen molar-refractivity contribution in [3.05, 3.63) is 39.9 Å². The van der Waals surface area contributed by atoms with Crippen LogP contribution in [0, 0.1) is 10.1 Å². The Morgan fingerprint density at radius 3 is 1.68 bits per heavy atom. The maximum Gasteiger partial charge on any atom is 0.305 e. The Labute approximate surface area is 462 Å². The molecule has 0 spiro atoms. The molecule has 436 valence electrons. The van der Waals surface area contributed by atoms with E-state index in [1.165, 1.54) is 12.1 Å². The Morgan fingerprint density at radius 2 is 1.18 bits per heavy atom. The molecule has 1 aromatic rings. The second-order valence-corrected chi connectivity index (χ2v) is 18.4. The number of likely N-dealkylation sites (tertiary alicyclic amines) is 1. The standard InChI is InChI=1S/C44H68N18O15S2/c1-21(63)54-30(20-79)40(73)59-28(16-32(45)64)42(75)61-14-4-7-31(61)41(74)57-24(5-2-12-51-43(47)48)36(69)53-18-33(65)55-27(17-34(66)67)39(72)58-26(15-22-8-10-23(11-9-22)62(76)77)38(71)56-25(6-3-13-52-44(49)50)37(70)60-29(19-78)35(46)68/h8-11,24-31,78-79H,2-7,12-20H2,1H3,(H2,45,64)(H2,46,68)(H,53,69)(H,54,63)(H,55,65)(H,56,71)(H,57,74)(H,58,72)(H,59,73)(H,60,70)(H,66,67)(H4,47,48,51)(H4,49,50,52)/t24-,25-,26-,27-,28-,29-,30-,31-/m0/s1. The van der Waals surface area contributed by atoms with E-state index in [-0.39, 0.29) is 92.8 Å². The molecule has 0 bridgehead atoms. The van der Waals surface area contributed by atoms with E-state index >= 15 is 0 Å². The Bertz CT molecular complexity index is 2460. The first kappa shape index (κ1) is 66.6. The Hall–Kier alpha value is -8.50. The van der Waals surface area contributed by atoms with Gasteiger partial charge in [-0.1, -0.05) is 12.1 Å². The fraction of sp³-hybridized carbons (Fsp3) is 0.545. The van der Waals surface area contributed by atoms with Gasteiger partial charge in [0.15, 0.2) is 11.9 Å². The number of nitrogens with zero attached hydrogens (tertiary/aromatic N) is 4. The molecule has 1 heterocycles. The molecule has 1 aliphatic rings. The average molecular weight is 1150 g/mol. The molecule has 21 N–H and O–H groups in total. The van der Waals surface area contributed by atoms with E-state index in [1.54, 1.807) is 0 Å². The molecule has 0 aromatic heterocycles. The van der Waals surface area contributed by atoms with Crippen LogP contribution in [-0.4, -0.2) is 184 Å². The molecule has 79 heavy (non-hydrogen) atoms. The van der Waals surface area contributed by atoms with Crippen LogP contribution in [0.4, 0.5) is 5.69 Å². The smallest absolute Gasteiger partial charge is 0.305 e. The summed E-state index contributed by atoms with van der Waals surface area (Å²) in [4.78, 5) is 176. The quantitative estimate of drug-likeness (QED) is 0.00761. The van der Waals surface area contributed by atoms with Crippen molar-refractivity contribution in [1.82, 2.24) is 47.4 Å².